The summed E-state index contributed by atoms with van der Waals surface area (Å²) < 4.78 is 1.69. The van der Waals surface area contributed by atoms with E-state index in [9.17, 15) is 4.79 Å². The predicted octanol–water partition coefficient (Wildman–Crippen LogP) is 1.08. The monoisotopic (exact) mass is 212 g/mol. The highest BCUT2D eigenvalue weighted by Crippen LogP contribution is 2.08. The van der Waals surface area contributed by atoms with E-state index in [2.05, 4.69) is 10.4 Å². The van der Waals surface area contributed by atoms with Crippen molar-refractivity contribution in [2.45, 2.75) is 0 Å². The Balaban J connectivity index is 2.24. The Labute approximate surface area is 91.9 Å². The van der Waals surface area contributed by atoms with Crippen LogP contribution >= 0.6 is 0 Å². The Morgan fingerprint density at radius 2 is 2.12 bits per heavy atom. The van der Waals surface area contributed by atoms with Gasteiger partial charge in [0.1, 0.15) is 0 Å². The third-order valence-electron chi connectivity index (χ3n) is 2.07. The van der Waals surface area contributed by atoms with Crippen LogP contribution in [0.2, 0.25) is 0 Å². The van der Waals surface area contributed by atoms with Crippen molar-refractivity contribution in [3.8, 4) is 11.9 Å². The minimum atomic E-state index is -0.408. The molecule has 5 nitrogen and oxygen atoms in total. The van der Waals surface area contributed by atoms with Crippen LogP contribution < -0.4 is 5.32 Å². The summed E-state index contributed by atoms with van der Waals surface area (Å²) >= 11 is 0. The number of aromatic nitrogens is 2. The van der Waals surface area contributed by atoms with Gasteiger partial charge in [-0.25, -0.2) is 4.68 Å². The summed E-state index contributed by atoms with van der Waals surface area (Å²) in [5, 5.41) is 14.4. The number of nitriles is 1. The van der Waals surface area contributed by atoms with E-state index in [4.69, 9.17) is 5.26 Å². The number of rotatable bonds is 2. The Bertz CT molecular complexity index is 522. The van der Waals surface area contributed by atoms with E-state index in [1.165, 1.54) is 0 Å². The molecule has 0 bridgehead atoms. The van der Waals surface area contributed by atoms with Crippen molar-refractivity contribution in [3.63, 3.8) is 0 Å². The molecule has 0 fully saturated rings. The average molecular weight is 212 g/mol. The lowest BCUT2D eigenvalue weighted by atomic mass is 10.2. The number of carbonyl (C=O) groups is 1. The molecule has 0 radical (unpaired) electrons. The van der Waals surface area contributed by atoms with Crippen LogP contribution in [0.25, 0.3) is 5.69 Å². The van der Waals surface area contributed by atoms with Gasteiger partial charge >= 0.3 is 0 Å². The van der Waals surface area contributed by atoms with E-state index in [0.29, 0.717) is 5.56 Å². The largest absolute Gasteiger partial charge is 0.268 e. The molecule has 1 aromatic heterocycles. The SMILES string of the molecule is N#CNC(=O)c1ccc(-n2cccn2)cc1. The van der Waals surface area contributed by atoms with Crippen molar-refractivity contribution in [2.24, 2.45) is 0 Å². The van der Waals surface area contributed by atoms with Crippen LogP contribution in [0.1, 0.15) is 10.4 Å². The molecule has 0 atom stereocenters. The molecule has 1 aromatic carbocycles. The Kier molecular flexibility index (Phi) is 2.65. The highest BCUT2D eigenvalue weighted by atomic mass is 16.1. The molecule has 1 N–H and O–H groups in total. The van der Waals surface area contributed by atoms with Crippen LogP contribution in [0.3, 0.4) is 0 Å². The van der Waals surface area contributed by atoms with Gasteiger partial charge < -0.3 is 0 Å². The molecule has 0 aliphatic carbocycles. The third kappa shape index (κ3) is 1.91. The molecular weight excluding hydrogens is 204 g/mol. The van der Waals surface area contributed by atoms with E-state index in [0.717, 1.165) is 5.69 Å². The Hall–Kier alpha value is -2.61. The summed E-state index contributed by atoms with van der Waals surface area (Å²) in [6.07, 6.45) is 5.08. The summed E-state index contributed by atoms with van der Waals surface area (Å²) in [6.45, 7) is 0. The zero-order valence-electron chi connectivity index (χ0n) is 8.29. The average Bonchev–Trinajstić information content (AvgIpc) is 2.83. The molecule has 0 unspecified atom stereocenters. The van der Waals surface area contributed by atoms with Gasteiger partial charge in [0.05, 0.1) is 5.69 Å². The molecule has 2 rings (SSSR count). The zero-order chi connectivity index (χ0) is 11.4. The first-order valence-corrected chi connectivity index (χ1v) is 4.61. The second-order valence-corrected chi connectivity index (χ2v) is 3.06. The molecule has 16 heavy (non-hydrogen) atoms. The van der Waals surface area contributed by atoms with Crippen molar-refractivity contribution >= 4 is 5.91 Å². The maximum Gasteiger partial charge on any atom is 0.264 e. The van der Waals surface area contributed by atoms with Crippen molar-refractivity contribution in [2.75, 3.05) is 0 Å². The van der Waals surface area contributed by atoms with Gasteiger partial charge in [0.15, 0.2) is 6.19 Å². The molecule has 1 heterocycles. The molecule has 5 heteroatoms. The Morgan fingerprint density at radius 1 is 1.38 bits per heavy atom. The second-order valence-electron chi connectivity index (χ2n) is 3.06. The van der Waals surface area contributed by atoms with Crippen molar-refractivity contribution in [1.29, 1.82) is 5.26 Å². The molecule has 2 aromatic rings. The minimum absolute atomic E-state index is 0.408. The van der Waals surface area contributed by atoms with Crippen LogP contribution in [0, 0.1) is 11.5 Å². The lowest BCUT2D eigenvalue weighted by Crippen LogP contribution is -2.17. The number of hydrogen-bond donors (Lipinski definition) is 1. The van der Waals surface area contributed by atoms with Gasteiger partial charge in [-0.3, -0.25) is 10.1 Å². The standard InChI is InChI=1S/C11H8N4O/c12-8-13-11(16)9-2-4-10(5-3-9)15-7-1-6-14-15/h1-7H,(H,13,16). The van der Waals surface area contributed by atoms with Gasteiger partial charge in [0.2, 0.25) is 0 Å². The van der Waals surface area contributed by atoms with E-state index >= 15 is 0 Å². The Morgan fingerprint density at radius 3 is 2.69 bits per heavy atom. The van der Waals surface area contributed by atoms with Crippen LogP contribution in [0.15, 0.2) is 42.7 Å². The molecular formula is C11H8N4O. The first-order chi connectivity index (χ1) is 7.81. The van der Waals surface area contributed by atoms with E-state index in [1.807, 2.05) is 12.3 Å². The number of nitrogens with zero attached hydrogens (tertiary/aromatic N) is 3. The van der Waals surface area contributed by atoms with E-state index < -0.39 is 5.91 Å². The molecule has 0 saturated carbocycles. The first kappa shape index (κ1) is 9.93. The number of nitrogens with one attached hydrogen (secondary N) is 1. The van der Waals surface area contributed by atoms with Crippen LogP contribution in [-0.2, 0) is 0 Å². The highest BCUT2D eigenvalue weighted by Gasteiger charge is 2.04. The summed E-state index contributed by atoms with van der Waals surface area (Å²) in [5.74, 6) is -0.408. The molecule has 1 amide bonds. The quantitative estimate of drug-likeness (QED) is 0.598. The van der Waals surface area contributed by atoms with Gasteiger partial charge in [-0.1, -0.05) is 0 Å². The molecule has 0 saturated heterocycles. The summed E-state index contributed by atoms with van der Waals surface area (Å²) in [6, 6.07) is 8.63. The minimum Gasteiger partial charge on any atom is -0.268 e. The topological polar surface area (TPSA) is 70.7 Å². The third-order valence-corrected chi connectivity index (χ3v) is 2.07. The van der Waals surface area contributed by atoms with Crippen LogP contribution in [-0.4, -0.2) is 15.7 Å². The molecule has 0 spiro atoms. The lowest BCUT2D eigenvalue weighted by Gasteiger charge is -2.02. The fourth-order valence-electron chi connectivity index (χ4n) is 1.31. The molecule has 0 aliphatic heterocycles. The van der Waals surface area contributed by atoms with Gasteiger partial charge in [0, 0.05) is 18.0 Å². The van der Waals surface area contributed by atoms with Crippen molar-refractivity contribution < 1.29 is 4.79 Å². The van der Waals surface area contributed by atoms with Gasteiger partial charge in [0.25, 0.3) is 5.91 Å². The summed E-state index contributed by atoms with van der Waals surface area (Å²) in [4.78, 5) is 11.3. The number of carbonyl (C=O) groups excluding carboxylic acids is 1. The number of benzene rings is 1. The smallest absolute Gasteiger partial charge is 0.264 e. The zero-order valence-corrected chi connectivity index (χ0v) is 8.29. The normalized spacial score (nSPS) is 9.44. The van der Waals surface area contributed by atoms with Crippen molar-refractivity contribution in [3.05, 3.63) is 48.3 Å². The van der Waals surface area contributed by atoms with E-state index in [1.54, 1.807) is 41.3 Å². The van der Waals surface area contributed by atoms with Crippen molar-refractivity contribution in [1.82, 2.24) is 15.1 Å². The summed E-state index contributed by atoms with van der Waals surface area (Å²) in [7, 11) is 0. The second kappa shape index (κ2) is 4.28. The highest BCUT2D eigenvalue weighted by molar-refractivity contribution is 5.95. The van der Waals surface area contributed by atoms with E-state index in [-0.39, 0.29) is 0 Å². The number of hydrogen-bond acceptors (Lipinski definition) is 3. The predicted molar refractivity (Wildman–Crippen MR) is 56.6 cm³/mol. The summed E-state index contributed by atoms with van der Waals surface area (Å²) in [5.41, 5.74) is 1.30. The fraction of sp³-hybridized carbons (Fsp3) is 0. The number of amides is 1. The fourth-order valence-corrected chi connectivity index (χ4v) is 1.31. The molecule has 0 aliphatic rings. The van der Waals surface area contributed by atoms with Gasteiger partial charge in [-0.2, -0.15) is 10.4 Å². The molecule has 78 valence electrons. The van der Waals surface area contributed by atoms with Crippen LogP contribution in [0.4, 0.5) is 0 Å². The van der Waals surface area contributed by atoms with Gasteiger partial charge in [-0.05, 0) is 30.3 Å². The lowest BCUT2D eigenvalue weighted by molar-refractivity contribution is 0.0973. The maximum absolute atomic E-state index is 11.3. The maximum atomic E-state index is 11.3. The van der Waals surface area contributed by atoms with Gasteiger partial charge in [-0.15, -0.1) is 0 Å². The van der Waals surface area contributed by atoms with Crippen LogP contribution in [0.5, 0.6) is 0 Å². The first-order valence-electron chi connectivity index (χ1n) is 4.61.